The summed E-state index contributed by atoms with van der Waals surface area (Å²) in [6.07, 6.45) is -0.858. The molecule has 7 heteroatoms. The summed E-state index contributed by atoms with van der Waals surface area (Å²) in [6.45, 7) is 0. The topological polar surface area (TPSA) is 85.4 Å². The maximum Gasteiger partial charge on any atom is 0.277 e. The maximum absolute atomic E-state index is 11.2. The maximum atomic E-state index is 11.2. The van der Waals surface area contributed by atoms with Crippen molar-refractivity contribution in [1.82, 2.24) is 0 Å². The largest absolute Gasteiger partial charge is 0.351 e. The Morgan fingerprint density at radius 2 is 2.05 bits per heavy atom. The highest BCUT2D eigenvalue weighted by Crippen LogP contribution is 2.34. The van der Waals surface area contributed by atoms with Gasteiger partial charge < -0.3 is 9.47 Å². The molecule has 1 aromatic heterocycles. The number of hydrogen-bond donors (Lipinski definition) is 0. The van der Waals surface area contributed by atoms with Crippen molar-refractivity contribution in [3.8, 4) is 6.07 Å². The highest BCUT2D eigenvalue weighted by molar-refractivity contribution is 7.10. The highest BCUT2D eigenvalue weighted by Gasteiger charge is 2.25. The van der Waals surface area contributed by atoms with Gasteiger partial charge in [0, 0.05) is 25.2 Å². The first-order valence-electron chi connectivity index (χ1n) is 6.39. The summed E-state index contributed by atoms with van der Waals surface area (Å²) in [6, 6.07) is 10.5. The third kappa shape index (κ3) is 3.14. The number of nitro benzene ring substituents is 1. The molecule has 2 aromatic rings. The fourth-order valence-corrected chi connectivity index (χ4v) is 3.01. The normalized spacial score (nSPS) is 12.1. The molecule has 0 aliphatic rings. The molecule has 0 N–H and O–H groups in total. The van der Waals surface area contributed by atoms with Gasteiger partial charge in [-0.25, -0.2) is 0 Å². The van der Waals surface area contributed by atoms with E-state index in [4.69, 9.17) is 9.47 Å². The molecule has 1 unspecified atom stereocenters. The van der Waals surface area contributed by atoms with Crippen LogP contribution in [0.1, 0.15) is 28.2 Å². The highest BCUT2D eigenvalue weighted by atomic mass is 32.1. The molecule has 2 rings (SSSR count). The number of benzene rings is 1. The second-order valence-electron chi connectivity index (χ2n) is 4.46. The number of hydrogen-bond acceptors (Lipinski definition) is 6. The Morgan fingerprint density at radius 3 is 2.55 bits per heavy atom. The van der Waals surface area contributed by atoms with Crippen LogP contribution in [-0.4, -0.2) is 19.1 Å². The second-order valence-corrected chi connectivity index (χ2v) is 5.44. The monoisotopic (exact) mass is 318 g/mol. The summed E-state index contributed by atoms with van der Waals surface area (Å²) in [5, 5.41) is 22.5. The van der Waals surface area contributed by atoms with Crippen LogP contribution in [0.15, 0.2) is 35.7 Å². The van der Waals surface area contributed by atoms with E-state index in [0.29, 0.717) is 11.1 Å². The minimum Gasteiger partial charge on any atom is -0.351 e. The van der Waals surface area contributed by atoms with Crippen molar-refractivity contribution in [3.63, 3.8) is 0 Å². The summed E-state index contributed by atoms with van der Waals surface area (Å²) >= 11 is 1.47. The van der Waals surface area contributed by atoms with Crippen LogP contribution < -0.4 is 0 Å². The van der Waals surface area contributed by atoms with E-state index in [0.717, 1.165) is 4.88 Å². The van der Waals surface area contributed by atoms with Gasteiger partial charge in [0.15, 0.2) is 6.29 Å². The Morgan fingerprint density at radius 1 is 1.32 bits per heavy atom. The molecule has 0 aliphatic heterocycles. The molecule has 0 radical (unpaired) electrons. The van der Waals surface area contributed by atoms with E-state index < -0.39 is 17.1 Å². The Kier molecular flexibility index (Phi) is 5.22. The lowest BCUT2D eigenvalue weighted by molar-refractivity contribution is -0.387. The van der Waals surface area contributed by atoms with Crippen LogP contribution in [-0.2, 0) is 9.47 Å². The number of thiophene rings is 1. The predicted molar refractivity (Wildman–Crippen MR) is 81.6 cm³/mol. The first-order valence-corrected chi connectivity index (χ1v) is 7.27. The molecule has 1 heterocycles. The van der Waals surface area contributed by atoms with Crippen molar-refractivity contribution < 1.29 is 14.4 Å². The lowest BCUT2D eigenvalue weighted by atomic mass is 9.96. The van der Waals surface area contributed by atoms with Gasteiger partial charge in [0.1, 0.15) is 5.92 Å². The van der Waals surface area contributed by atoms with Gasteiger partial charge in [-0.15, -0.1) is 11.3 Å². The zero-order valence-corrected chi connectivity index (χ0v) is 12.9. The van der Waals surface area contributed by atoms with Gasteiger partial charge in [-0.2, -0.15) is 5.26 Å². The zero-order chi connectivity index (χ0) is 16.1. The summed E-state index contributed by atoms with van der Waals surface area (Å²) in [4.78, 5) is 11.6. The SMILES string of the molecule is COC(OC)c1cc(C(C#N)c2cccs2)ccc1[N+](=O)[O-]. The molecular weight excluding hydrogens is 304 g/mol. The Labute approximate surface area is 131 Å². The second kappa shape index (κ2) is 7.13. The fourth-order valence-electron chi connectivity index (χ4n) is 2.22. The van der Waals surface area contributed by atoms with Gasteiger partial charge in [0.05, 0.1) is 16.6 Å². The Bertz CT molecular complexity index is 690. The summed E-state index contributed by atoms with van der Waals surface area (Å²) in [7, 11) is 2.82. The molecule has 0 saturated carbocycles. The molecule has 0 fully saturated rings. The van der Waals surface area contributed by atoms with E-state index >= 15 is 0 Å². The molecule has 0 saturated heterocycles. The standard InChI is InChI=1S/C15H14N2O4S/c1-20-15(21-2)11-8-10(5-6-13(11)17(18)19)12(9-16)14-4-3-7-22-14/h3-8,12,15H,1-2H3. The fraction of sp³-hybridized carbons (Fsp3) is 0.267. The van der Waals surface area contributed by atoms with Crippen LogP contribution in [0.4, 0.5) is 5.69 Å². The minimum atomic E-state index is -0.858. The van der Waals surface area contributed by atoms with E-state index in [1.54, 1.807) is 12.1 Å². The third-order valence-electron chi connectivity index (χ3n) is 3.22. The number of methoxy groups -OCH3 is 2. The summed E-state index contributed by atoms with van der Waals surface area (Å²) in [5.74, 6) is -0.478. The summed E-state index contributed by atoms with van der Waals surface area (Å²) in [5.41, 5.74) is 0.870. The summed E-state index contributed by atoms with van der Waals surface area (Å²) < 4.78 is 10.3. The zero-order valence-electron chi connectivity index (χ0n) is 12.1. The third-order valence-corrected chi connectivity index (χ3v) is 4.16. The molecule has 0 amide bonds. The first kappa shape index (κ1) is 16.1. The molecule has 0 bridgehead atoms. The lowest BCUT2D eigenvalue weighted by Gasteiger charge is -2.16. The molecule has 1 aromatic carbocycles. The Hall–Kier alpha value is -2.27. The van der Waals surface area contributed by atoms with Crippen molar-refractivity contribution in [2.45, 2.75) is 12.2 Å². The minimum absolute atomic E-state index is 0.0969. The molecule has 114 valence electrons. The number of nitriles is 1. The van der Waals surface area contributed by atoms with E-state index in [2.05, 4.69) is 6.07 Å². The number of rotatable bonds is 6. The van der Waals surface area contributed by atoms with E-state index in [-0.39, 0.29) is 5.69 Å². The smallest absolute Gasteiger partial charge is 0.277 e. The molecule has 22 heavy (non-hydrogen) atoms. The number of ether oxygens (including phenoxy) is 2. The Balaban J connectivity index is 2.53. The van der Waals surface area contributed by atoms with E-state index in [1.165, 1.54) is 31.6 Å². The van der Waals surface area contributed by atoms with Crippen molar-refractivity contribution in [2.24, 2.45) is 0 Å². The molecule has 1 atom stereocenters. The van der Waals surface area contributed by atoms with E-state index in [9.17, 15) is 15.4 Å². The molecule has 0 aliphatic carbocycles. The van der Waals surface area contributed by atoms with Gasteiger partial charge in [-0.1, -0.05) is 12.1 Å². The molecular formula is C15H14N2O4S. The predicted octanol–water partition coefficient (Wildman–Crippen LogP) is 3.60. The van der Waals surface area contributed by atoms with Crippen LogP contribution >= 0.6 is 11.3 Å². The van der Waals surface area contributed by atoms with Crippen LogP contribution in [0, 0.1) is 21.4 Å². The van der Waals surface area contributed by atoms with Crippen molar-refractivity contribution in [2.75, 3.05) is 14.2 Å². The number of nitrogens with zero attached hydrogens (tertiary/aromatic N) is 2. The van der Waals surface area contributed by atoms with Crippen molar-refractivity contribution in [3.05, 3.63) is 61.8 Å². The average Bonchev–Trinajstić information content (AvgIpc) is 3.03. The number of nitro groups is 1. The van der Waals surface area contributed by atoms with Crippen LogP contribution in [0.2, 0.25) is 0 Å². The van der Waals surface area contributed by atoms with Gasteiger partial charge in [0.25, 0.3) is 5.69 Å². The van der Waals surface area contributed by atoms with Gasteiger partial charge in [0.2, 0.25) is 0 Å². The van der Waals surface area contributed by atoms with Crippen LogP contribution in [0.25, 0.3) is 0 Å². The van der Waals surface area contributed by atoms with Crippen LogP contribution in [0.3, 0.4) is 0 Å². The van der Waals surface area contributed by atoms with E-state index in [1.807, 2.05) is 17.5 Å². The van der Waals surface area contributed by atoms with Crippen molar-refractivity contribution >= 4 is 17.0 Å². The molecule has 0 spiro atoms. The van der Waals surface area contributed by atoms with Crippen LogP contribution in [0.5, 0.6) is 0 Å². The molecule has 6 nitrogen and oxygen atoms in total. The van der Waals surface area contributed by atoms with Gasteiger partial charge >= 0.3 is 0 Å². The first-order chi connectivity index (χ1) is 10.6. The van der Waals surface area contributed by atoms with Crippen molar-refractivity contribution in [1.29, 1.82) is 5.26 Å². The van der Waals surface area contributed by atoms with Gasteiger partial charge in [-0.05, 0) is 23.1 Å². The quantitative estimate of drug-likeness (QED) is 0.461. The lowest BCUT2D eigenvalue weighted by Crippen LogP contribution is -2.08. The average molecular weight is 318 g/mol. The van der Waals surface area contributed by atoms with Gasteiger partial charge in [-0.3, -0.25) is 10.1 Å².